The van der Waals surface area contributed by atoms with Crippen LogP contribution in [-0.4, -0.2) is 13.3 Å². The van der Waals surface area contributed by atoms with Crippen molar-refractivity contribution in [2.75, 3.05) is 7.05 Å². The van der Waals surface area contributed by atoms with E-state index in [1.54, 1.807) is 19.3 Å². The molecule has 0 spiro atoms. The van der Waals surface area contributed by atoms with Crippen molar-refractivity contribution in [3.05, 3.63) is 60.2 Å². The van der Waals surface area contributed by atoms with Crippen molar-refractivity contribution in [1.82, 2.24) is 0 Å². The van der Waals surface area contributed by atoms with Crippen molar-refractivity contribution in [3.63, 3.8) is 0 Å². The Kier molecular flexibility index (Phi) is 15.0. The second-order valence-electron chi connectivity index (χ2n) is 3.19. The van der Waals surface area contributed by atoms with Crippen LogP contribution in [0.5, 0.6) is 0 Å². The fraction of sp³-hybridized carbons (Fsp3) is 0.312. The number of aryl methyl sites for hydroxylation is 1. The minimum atomic E-state index is 1.13. The highest BCUT2D eigenvalue weighted by atomic mass is 14.6. The van der Waals surface area contributed by atoms with Crippen molar-refractivity contribution in [3.8, 4) is 0 Å². The van der Waals surface area contributed by atoms with Crippen LogP contribution in [0.1, 0.15) is 26.3 Å². The number of nitrogens with zero attached hydrogens (tertiary/aromatic N) is 1. The van der Waals surface area contributed by atoms with Gasteiger partial charge in [-0.1, -0.05) is 68.5 Å². The van der Waals surface area contributed by atoms with E-state index in [1.165, 1.54) is 5.56 Å². The van der Waals surface area contributed by atoms with Crippen molar-refractivity contribution >= 4 is 6.21 Å². The van der Waals surface area contributed by atoms with Gasteiger partial charge >= 0.3 is 0 Å². The molecule has 0 bridgehead atoms. The fourth-order valence-corrected chi connectivity index (χ4v) is 0.967. The van der Waals surface area contributed by atoms with Gasteiger partial charge in [-0.15, -0.1) is 0 Å². The van der Waals surface area contributed by atoms with Crippen LogP contribution in [-0.2, 0) is 0 Å². The smallest absolute Gasteiger partial charge is 0.0277 e. The lowest BCUT2D eigenvalue weighted by Gasteiger charge is -1.82. The molecule has 0 aliphatic carbocycles. The summed E-state index contributed by atoms with van der Waals surface area (Å²) in [6.07, 6.45) is 5.45. The van der Waals surface area contributed by atoms with Gasteiger partial charge in [0.2, 0.25) is 0 Å². The molecule has 1 heteroatoms. The molecule has 0 atom stereocenters. The zero-order chi connectivity index (χ0) is 13.5. The van der Waals surface area contributed by atoms with Crippen molar-refractivity contribution in [2.45, 2.75) is 27.7 Å². The summed E-state index contributed by atoms with van der Waals surface area (Å²) in [7, 11) is 1.75. The minimum Gasteiger partial charge on any atom is -0.296 e. The summed E-state index contributed by atoms with van der Waals surface area (Å²) in [5.41, 5.74) is 2.45. The average Bonchev–Trinajstić information content (AvgIpc) is 2.34. The third-order valence-electron chi connectivity index (χ3n) is 1.65. The first-order valence-corrected chi connectivity index (χ1v) is 5.94. The molecule has 1 nitrogen and oxygen atoms in total. The highest BCUT2D eigenvalue weighted by Crippen LogP contribution is 1.92. The summed E-state index contributed by atoms with van der Waals surface area (Å²) in [6, 6.07) is 10.3. The number of benzene rings is 1. The Hall–Kier alpha value is -1.63. The fourth-order valence-electron chi connectivity index (χ4n) is 0.967. The van der Waals surface area contributed by atoms with Gasteiger partial charge in [0, 0.05) is 13.3 Å². The Bertz CT molecular complexity index is 321. The van der Waals surface area contributed by atoms with E-state index < -0.39 is 0 Å². The van der Waals surface area contributed by atoms with E-state index in [4.69, 9.17) is 0 Å². The summed E-state index contributed by atoms with van der Waals surface area (Å²) < 4.78 is 0. The maximum absolute atomic E-state index is 3.81. The van der Waals surface area contributed by atoms with Crippen molar-refractivity contribution in [1.29, 1.82) is 0 Å². The molecule has 1 aromatic carbocycles. The summed E-state index contributed by atoms with van der Waals surface area (Å²) >= 11 is 0. The zero-order valence-electron chi connectivity index (χ0n) is 11.8. The van der Waals surface area contributed by atoms with Gasteiger partial charge in [-0.3, -0.25) is 4.99 Å². The van der Waals surface area contributed by atoms with Gasteiger partial charge in [-0.25, -0.2) is 0 Å². The van der Waals surface area contributed by atoms with Gasteiger partial charge in [0.25, 0.3) is 0 Å². The maximum Gasteiger partial charge on any atom is 0.0277 e. The van der Waals surface area contributed by atoms with Gasteiger partial charge in [-0.05, 0) is 19.4 Å². The van der Waals surface area contributed by atoms with Crippen LogP contribution >= 0.6 is 0 Å². The van der Waals surface area contributed by atoms with Crippen LogP contribution in [0.3, 0.4) is 0 Å². The lowest BCUT2D eigenvalue weighted by atomic mass is 10.2. The standard InChI is InChI=1S/C7H11N.C7H8.C2H6/c1-4-5-7(2)6-8-3;1-7-5-3-2-4-6-7;1-2/h4-6H,1H2,2-3H3;2-6H,1H3;1-2H3/b7-5-,8-6?;;. The summed E-state index contributed by atoms with van der Waals surface area (Å²) in [5.74, 6) is 0. The van der Waals surface area contributed by atoms with Crippen LogP contribution < -0.4 is 0 Å². The highest BCUT2D eigenvalue weighted by Gasteiger charge is 1.73. The number of aliphatic imine (C=N–C) groups is 1. The molecule has 1 aromatic rings. The Morgan fingerprint density at radius 1 is 1.18 bits per heavy atom. The van der Waals surface area contributed by atoms with Crippen molar-refractivity contribution < 1.29 is 0 Å². The van der Waals surface area contributed by atoms with Crippen LogP contribution in [0.25, 0.3) is 0 Å². The SMILES string of the molecule is C=C/C=C(/C)C=NC.CC.Cc1ccccc1. The van der Waals surface area contributed by atoms with Crippen LogP contribution in [0.4, 0.5) is 0 Å². The Morgan fingerprint density at radius 3 is 2.00 bits per heavy atom. The topological polar surface area (TPSA) is 12.4 Å². The summed E-state index contributed by atoms with van der Waals surface area (Å²) in [5, 5.41) is 0. The first kappa shape index (κ1) is 17.8. The average molecular weight is 231 g/mol. The third kappa shape index (κ3) is 14.4. The molecule has 1 rings (SSSR count). The molecule has 0 aromatic heterocycles. The molecule has 0 aliphatic rings. The quantitative estimate of drug-likeness (QED) is 0.510. The van der Waals surface area contributed by atoms with Gasteiger partial charge in [-0.2, -0.15) is 0 Å². The number of rotatable bonds is 2. The lowest BCUT2D eigenvalue weighted by molar-refractivity contribution is 1.45. The molecule has 0 radical (unpaired) electrons. The Labute approximate surface area is 107 Å². The zero-order valence-corrected chi connectivity index (χ0v) is 11.8. The predicted molar refractivity (Wildman–Crippen MR) is 80.9 cm³/mol. The minimum absolute atomic E-state index is 1.13. The third-order valence-corrected chi connectivity index (χ3v) is 1.65. The molecule has 0 N–H and O–H groups in total. The van der Waals surface area contributed by atoms with Crippen molar-refractivity contribution in [2.24, 2.45) is 4.99 Å². The monoisotopic (exact) mass is 231 g/mol. The molecular formula is C16H25N. The molecule has 94 valence electrons. The first-order chi connectivity index (χ1) is 8.20. The molecule has 0 saturated heterocycles. The van der Waals surface area contributed by atoms with Gasteiger partial charge in [0.1, 0.15) is 0 Å². The van der Waals surface area contributed by atoms with Gasteiger partial charge < -0.3 is 0 Å². The number of hydrogen-bond donors (Lipinski definition) is 0. The van der Waals surface area contributed by atoms with E-state index in [0.717, 1.165) is 5.57 Å². The molecule has 17 heavy (non-hydrogen) atoms. The largest absolute Gasteiger partial charge is 0.296 e. The number of hydrogen-bond acceptors (Lipinski definition) is 1. The molecule has 0 heterocycles. The number of allylic oxidation sites excluding steroid dienone is 3. The van der Waals surface area contributed by atoms with E-state index in [0.29, 0.717) is 0 Å². The van der Waals surface area contributed by atoms with Gasteiger partial charge in [0.05, 0.1) is 0 Å². The van der Waals surface area contributed by atoms with Crippen LogP contribution in [0, 0.1) is 6.92 Å². The second-order valence-corrected chi connectivity index (χ2v) is 3.19. The van der Waals surface area contributed by atoms with Crippen LogP contribution in [0.2, 0.25) is 0 Å². The van der Waals surface area contributed by atoms with E-state index >= 15 is 0 Å². The molecule has 0 aliphatic heterocycles. The Balaban J connectivity index is 0. The highest BCUT2D eigenvalue weighted by molar-refractivity contribution is 5.77. The molecular weight excluding hydrogens is 206 g/mol. The normalized spacial score (nSPS) is 9.82. The summed E-state index contributed by atoms with van der Waals surface area (Å²) in [4.78, 5) is 3.81. The second kappa shape index (κ2) is 14.4. The van der Waals surface area contributed by atoms with E-state index in [9.17, 15) is 0 Å². The summed E-state index contributed by atoms with van der Waals surface area (Å²) in [6.45, 7) is 11.6. The van der Waals surface area contributed by atoms with E-state index in [1.807, 2.05) is 45.0 Å². The maximum atomic E-state index is 3.81. The lowest BCUT2D eigenvalue weighted by Crippen LogP contribution is -1.73. The van der Waals surface area contributed by atoms with Gasteiger partial charge in [0.15, 0.2) is 0 Å². The predicted octanol–water partition coefficient (Wildman–Crippen LogP) is 4.84. The van der Waals surface area contributed by atoms with E-state index in [-0.39, 0.29) is 0 Å². The molecule has 0 amide bonds. The first-order valence-electron chi connectivity index (χ1n) is 5.94. The molecule has 0 saturated carbocycles. The van der Waals surface area contributed by atoms with Crippen LogP contribution in [0.15, 0.2) is 59.6 Å². The molecule has 0 unspecified atom stereocenters. The van der Waals surface area contributed by atoms with E-state index in [2.05, 4.69) is 30.6 Å². The molecule has 0 fully saturated rings. The Morgan fingerprint density at radius 2 is 1.71 bits per heavy atom.